The Kier molecular flexibility index (Phi) is 4.13. The Hall–Kier alpha value is -3.19. The van der Waals surface area contributed by atoms with Crippen molar-refractivity contribution >= 4 is 34.1 Å². The van der Waals surface area contributed by atoms with Gasteiger partial charge in [-0.25, -0.2) is 0 Å². The van der Waals surface area contributed by atoms with Crippen LogP contribution in [0.4, 0.5) is 5.69 Å². The normalized spacial score (nSPS) is 17.0. The largest absolute Gasteiger partial charge is 0.487 e. The molecule has 1 N–H and O–H groups in total. The topological polar surface area (TPSA) is 78.8 Å². The summed E-state index contributed by atoms with van der Waals surface area (Å²) in [5.41, 5.74) is 0.697. The molecule has 29 heavy (non-hydrogen) atoms. The number of fused-ring (bicyclic) bond motifs is 1. The van der Waals surface area contributed by atoms with E-state index in [0.29, 0.717) is 48.2 Å². The first kappa shape index (κ1) is 17.9. The lowest BCUT2D eigenvalue weighted by molar-refractivity contribution is 0.102. The maximum Gasteiger partial charge on any atom is 0.261 e. The van der Waals surface area contributed by atoms with E-state index in [9.17, 15) is 9.59 Å². The molecule has 0 aliphatic carbocycles. The maximum atomic E-state index is 13.1. The molecule has 0 spiro atoms. The summed E-state index contributed by atoms with van der Waals surface area (Å²) in [4.78, 5) is 26.0. The third kappa shape index (κ3) is 2.98. The van der Waals surface area contributed by atoms with Gasteiger partial charge in [0.1, 0.15) is 30.6 Å². The van der Waals surface area contributed by atoms with Crippen LogP contribution in [0.15, 0.2) is 41.3 Å². The van der Waals surface area contributed by atoms with E-state index in [0.717, 1.165) is 0 Å². The molecule has 0 unspecified atom stereocenters. The molecule has 1 atom stereocenters. The highest BCUT2D eigenvalue weighted by molar-refractivity contribution is 6.35. The van der Waals surface area contributed by atoms with Gasteiger partial charge in [0.25, 0.3) is 5.91 Å². The van der Waals surface area contributed by atoms with Crippen molar-refractivity contribution in [3.8, 4) is 17.2 Å². The first-order valence-corrected chi connectivity index (χ1v) is 9.62. The van der Waals surface area contributed by atoms with Gasteiger partial charge in [-0.05, 0) is 31.2 Å². The van der Waals surface area contributed by atoms with E-state index in [-0.39, 0.29) is 22.1 Å². The summed E-state index contributed by atoms with van der Waals surface area (Å²) in [6.07, 6.45) is 1.47. The number of anilines is 1. The van der Waals surface area contributed by atoms with E-state index in [2.05, 4.69) is 5.32 Å². The van der Waals surface area contributed by atoms with Crippen molar-refractivity contribution in [3.63, 3.8) is 0 Å². The minimum absolute atomic E-state index is 0.0144. The number of benzene rings is 2. The van der Waals surface area contributed by atoms with E-state index in [1.54, 1.807) is 36.5 Å². The van der Waals surface area contributed by atoms with Crippen LogP contribution in [-0.2, 0) is 6.54 Å². The first-order chi connectivity index (χ1) is 14.0. The Labute approximate surface area is 170 Å². The van der Waals surface area contributed by atoms with Crippen LogP contribution in [0.25, 0.3) is 10.9 Å². The fraction of sp³-hybridized carbons (Fsp3) is 0.238. The predicted octanol–water partition coefficient (Wildman–Crippen LogP) is 3.46. The number of hydrogen-bond acceptors (Lipinski definition) is 5. The third-order valence-corrected chi connectivity index (χ3v) is 5.28. The summed E-state index contributed by atoms with van der Waals surface area (Å²) in [6, 6.07) is 8.46. The Morgan fingerprint density at radius 2 is 1.90 bits per heavy atom. The van der Waals surface area contributed by atoms with Gasteiger partial charge in [0.15, 0.2) is 11.5 Å². The van der Waals surface area contributed by atoms with Gasteiger partial charge in [0.2, 0.25) is 5.43 Å². The van der Waals surface area contributed by atoms with Crippen LogP contribution in [0, 0.1) is 0 Å². The quantitative estimate of drug-likeness (QED) is 0.697. The molecule has 0 saturated heterocycles. The van der Waals surface area contributed by atoms with Crippen LogP contribution in [0.1, 0.15) is 17.3 Å². The number of halogens is 1. The van der Waals surface area contributed by atoms with Crippen LogP contribution >= 0.6 is 11.6 Å². The van der Waals surface area contributed by atoms with E-state index < -0.39 is 11.3 Å². The van der Waals surface area contributed by atoms with E-state index in [1.807, 2.05) is 11.5 Å². The number of ether oxygens (including phenoxy) is 3. The molecule has 2 aliphatic rings. The lowest BCUT2D eigenvalue weighted by Crippen LogP contribution is -2.30. The second kappa shape index (κ2) is 6.70. The number of carbonyl (C=O) groups excluding carboxylic acids is 1. The molecular weight excluding hydrogens is 396 g/mol. The minimum Gasteiger partial charge on any atom is -0.487 e. The van der Waals surface area contributed by atoms with Crippen LogP contribution in [0.3, 0.4) is 0 Å². The van der Waals surface area contributed by atoms with Crippen molar-refractivity contribution in [3.05, 3.63) is 57.3 Å². The Bertz CT molecular complexity index is 1220. The molecule has 0 bridgehead atoms. The number of nitrogens with one attached hydrogen (secondary N) is 1. The van der Waals surface area contributed by atoms with Gasteiger partial charge < -0.3 is 24.1 Å². The number of pyridine rings is 1. The highest BCUT2D eigenvalue weighted by Gasteiger charge is 2.25. The third-order valence-electron chi connectivity index (χ3n) is 4.96. The van der Waals surface area contributed by atoms with Crippen LogP contribution in [0.2, 0.25) is 5.02 Å². The smallest absolute Gasteiger partial charge is 0.261 e. The summed E-state index contributed by atoms with van der Waals surface area (Å²) in [5, 5.41) is 3.34. The van der Waals surface area contributed by atoms with Crippen molar-refractivity contribution in [2.45, 2.75) is 19.6 Å². The van der Waals surface area contributed by atoms with Gasteiger partial charge in [-0.2, -0.15) is 0 Å². The van der Waals surface area contributed by atoms with Crippen molar-refractivity contribution in [2.24, 2.45) is 0 Å². The Balaban J connectivity index is 1.57. The average Bonchev–Trinajstić information content (AvgIpc) is 2.71. The van der Waals surface area contributed by atoms with Crippen molar-refractivity contribution in [2.75, 3.05) is 18.5 Å². The van der Waals surface area contributed by atoms with Gasteiger partial charge in [-0.1, -0.05) is 11.6 Å². The standard InChI is InChI=1S/C21H17ClN2O5/c1-11-9-24-10-13(20(25)18-14(22)3-5-16(29-11)19(18)24)21(26)23-12-2-4-15-17(8-12)28-7-6-27-15/h2-5,8,10-11H,6-7,9H2,1H3,(H,23,26)/t11-/m0/s1. The molecule has 2 aliphatic heterocycles. The van der Waals surface area contributed by atoms with E-state index in [1.165, 1.54) is 0 Å². The average molecular weight is 413 g/mol. The number of rotatable bonds is 2. The van der Waals surface area contributed by atoms with Gasteiger partial charge in [-0.15, -0.1) is 0 Å². The maximum absolute atomic E-state index is 13.1. The molecule has 2 aromatic carbocycles. The van der Waals surface area contributed by atoms with Gasteiger partial charge in [0, 0.05) is 18.0 Å². The zero-order chi connectivity index (χ0) is 20.1. The molecule has 5 rings (SSSR count). The van der Waals surface area contributed by atoms with Gasteiger partial charge >= 0.3 is 0 Å². The summed E-state index contributed by atoms with van der Waals surface area (Å²) in [6.45, 7) is 3.37. The zero-order valence-corrected chi connectivity index (χ0v) is 16.3. The molecule has 7 nitrogen and oxygen atoms in total. The molecule has 0 radical (unpaired) electrons. The monoisotopic (exact) mass is 412 g/mol. The summed E-state index contributed by atoms with van der Waals surface area (Å²) < 4.78 is 18.7. The number of amides is 1. The van der Waals surface area contributed by atoms with E-state index >= 15 is 0 Å². The molecule has 1 aromatic heterocycles. The summed E-state index contributed by atoms with van der Waals surface area (Å²) >= 11 is 6.31. The molecule has 3 aromatic rings. The second-order valence-corrected chi connectivity index (χ2v) is 7.44. The number of carbonyl (C=O) groups is 1. The van der Waals surface area contributed by atoms with Crippen molar-refractivity contribution in [1.29, 1.82) is 0 Å². The molecule has 0 saturated carbocycles. The fourth-order valence-electron chi connectivity index (χ4n) is 3.71. The second-order valence-electron chi connectivity index (χ2n) is 7.03. The molecule has 148 valence electrons. The molecule has 8 heteroatoms. The van der Waals surface area contributed by atoms with E-state index in [4.69, 9.17) is 25.8 Å². The van der Waals surface area contributed by atoms with Crippen LogP contribution < -0.4 is 25.0 Å². The van der Waals surface area contributed by atoms with Gasteiger partial charge in [-0.3, -0.25) is 9.59 Å². The predicted molar refractivity (Wildman–Crippen MR) is 109 cm³/mol. The Morgan fingerprint density at radius 1 is 1.14 bits per heavy atom. The number of aromatic nitrogens is 1. The highest BCUT2D eigenvalue weighted by Crippen LogP contribution is 2.34. The first-order valence-electron chi connectivity index (χ1n) is 9.24. The molecule has 1 amide bonds. The fourth-order valence-corrected chi connectivity index (χ4v) is 3.95. The van der Waals surface area contributed by atoms with Crippen molar-refractivity contribution < 1.29 is 19.0 Å². The van der Waals surface area contributed by atoms with Gasteiger partial charge in [0.05, 0.1) is 22.5 Å². The SMILES string of the molecule is C[C@H]1Cn2cc(C(=O)Nc3ccc4c(c3)OCCO4)c(=O)c3c(Cl)ccc(c32)O1. The van der Waals surface area contributed by atoms with Crippen LogP contribution in [0.5, 0.6) is 17.2 Å². The zero-order valence-electron chi connectivity index (χ0n) is 15.5. The lowest BCUT2D eigenvalue weighted by Gasteiger charge is -2.26. The lowest BCUT2D eigenvalue weighted by atomic mass is 10.1. The summed E-state index contributed by atoms with van der Waals surface area (Å²) in [7, 11) is 0. The molecular formula is C21H17ClN2O5. The van der Waals surface area contributed by atoms with Crippen molar-refractivity contribution in [1.82, 2.24) is 4.57 Å². The van der Waals surface area contributed by atoms with Crippen LogP contribution in [-0.4, -0.2) is 29.8 Å². The minimum atomic E-state index is -0.516. The highest BCUT2D eigenvalue weighted by atomic mass is 35.5. The molecule has 0 fully saturated rings. The Morgan fingerprint density at radius 3 is 2.72 bits per heavy atom. The molecule has 3 heterocycles. The number of hydrogen-bond donors (Lipinski definition) is 1. The number of nitrogens with zero attached hydrogens (tertiary/aromatic N) is 1. The summed E-state index contributed by atoms with van der Waals surface area (Å²) in [5.74, 6) is 1.24.